The third-order valence-electron chi connectivity index (χ3n) is 5.81. The first-order valence-electron chi connectivity index (χ1n) is 9.78. The molecule has 0 fully saturated rings. The van der Waals surface area contributed by atoms with E-state index in [4.69, 9.17) is 15.2 Å². The van der Waals surface area contributed by atoms with Crippen LogP contribution in [-0.2, 0) is 26.8 Å². The van der Waals surface area contributed by atoms with Gasteiger partial charge in [-0.1, -0.05) is 18.2 Å². The first-order valence-corrected chi connectivity index (χ1v) is 9.78. The first-order chi connectivity index (χ1) is 14.3. The van der Waals surface area contributed by atoms with Gasteiger partial charge in [0.2, 0.25) is 11.8 Å². The van der Waals surface area contributed by atoms with Crippen LogP contribution in [0.25, 0.3) is 0 Å². The summed E-state index contributed by atoms with van der Waals surface area (Å²) in [7, 11) is 1.61. The number of nitrogens with zero attached hydrogens (tertiary/aromatic N) is 2. The quantitative estimate of drug-likeness (QED) is 0.770. The molecule has 3 heterocycles. The Morgan fingerprint density at radius 2 is 1.93 bits per heavy atom. The molecule has 1 amide bonds. The zero-order chi connectivity index (χ0) is 21.8. The van der Waals surface area contributed by atoms with Gasteiger partial charge >= 0.3 is 5.97 Å². The minimum absolute atomic E-state index is 0.0706. The lowest BCUT2D eigenvalue weighted by atomic mass is 9.68. The second-order valence-corrected chi connectivity index (χ2v) is 7.27. The largest absolute Gasteiger partial charge is 0.462 e. The fourth-order valence-corrected chi connectivity index (χ4v) is 4.40. The maximum absolute atomic E-state index is 14.0. The average molecular weight is 409 g/mol. The number of hydrogen-bond donors (Lipinski definition) is 1. The predicted molar refractivity (Wildman–Crippen MR) is 110 cm³/mol. The van der Waals surface area contributed by atoms with E-state index in [1.54, 1.807) is 56.1 Å². The summed E-state index contributed by atoms with van der Waals surface area (Å²) in [6.07, 6.45) is 0. The van der Waals surface area contributed by atoms with Crippen molar-refractivity contribution in [2.45, 2.75) is 26.2 Å². The number of aromatic nitrogens is 1. The van der Waals surface area contributed by atoms with E-state index >= 15 is 0 Å². The molecule has 0 bridgehead atoms. The molecule has 1 spiro atoms. The maximum Gasteiger partial charge on any atom is 0.341 e. The van der Waals surface area contributed by atoms with Crippen molar-refractivity contribution in [2.24, 2.45) is 12.8 Å². The van der Waals surface area contributed by atoms with Gasteiger partial charge in [-0.15, -0.1) is 0 Å². The summed E-state index contributed by atoms with van der Waals surface area (Å²) >= 11 is 0. The van der Waals surface area contributed by atoms with E-state index in [2.05, 4.69) is 0 Å². The topological polar surface area (TPSA) is 104 Å². The number of carbonyl (C=O) groups is 2. The van der Waals surface area contributed by atoms with Crippen LogP contribution in [0.5, 0.6) is 5.75 Å². The number of carbonyl (C=O) groups excluding carboxylic acids is 2. The third kappa shape index (κ3) is 2.30. The molecule has 1 atom stereocenters. The maximum atomic E-state index is 14.0. The van der Waals surface area contributed by atoms with Crippen molar-refractivity contribution in [3.05, 3.63) is 69.0 Å². The smallest absolute Gasteiger partial charge is 0.341 e. The minimum Gasteiger partial charge on any atom is -0.462 e. The molecule has 156 valence electrons. The van der Waals surface area contributed by atoms with Crippen LogP contribution < -0.4 is 20.9 Å². The minimum atomic E-state index is -1.74. The molecule has 1 aromatic heterocycles. The van der Waals surface area contributed by atoms with Gasteiger partial charge in [0.25, 0.3) is 5.56 Å². The summed E-state index contributed by atoms with van der Waals surface area (Å²) in [4.78, 5) is 42.1. The Hall–Kier alpha value is -3.55. The fraction of sp³-hybridized carbons (Fsp3) is 0.318. The normalized spacial score (nSPS) is 19.6. The molecular formula is C22H23N3O5. The number of anilines is 1. The molecular weight excluding hydrogens is 386 g/mol. The first kappa shape index (κ1) is 19.8. The Kier molecular flexibility index (Phi) is 4.45. The number of para-hydroxylation sites is 1. The summed E-state index contributed by atoms with van der Waals surface area (Å²) < 4.78 is 12.4. The molecule has 8 heteroatoms. The van der Waals surface area contributed by atoms with Crippen LogP contribution in [0.15, 0.2) is 46.6 Å². The molecule has 0 saturated heterocycles. The van der Waals surface area contributed by atoms with Crippen LogP contribution in [-0.4, -0.2) is 29.6 Å². The molecule has 30 heavy (non-hydrogen) atoms. The summed E-state index contributed by atoms with van der Waals surface area (Å²) in [6.45, 7) is 5.68. The van der Waals surface area contributed by atoms with Gasteiger partial charge in [-0.25, -0.2) is 4.79 Å². The van der Waals surface area contributed by atoms with E-state index in [1.807, 2.05) is 6.92 Å². The number of benzene rings is 1. The number of rotatable bonds is 3. The van der Waals surface area contributed by atoms with Crippen LogP contribution in [0.2, 0.25) is 0 Å². The van der Waals surface area contributed by atoms with Crippen LogP contribution in [0.3, 0.4) is 0 Å². The highest BCUT2D eigenvalue weighted by molar-refractivity contribution is 6.18. The highest BCUT2D eigenvalue weighted by atomic mass is 16.5. The van der Waals surface area contributed by atoms with Crippen LogP contribution in [0.4, 0.5) is 5.69 Å². The number of hydrogen-bond acceptors (Lipinski definition) is 6. The van der Waals surface area contributed by atoms with E-state index in [0.717, 1.165) is 0 Å². The van der Waals surface area contributed by atoms with Gasteiger partial charge in [0.15, 0.2) is 0 Å². The zero-order valence-electron chi connectivity index (χ0n) is 17.3. The highest BCUT2D eigenvalue weighted by Crippen LogP contribution is 2.54. The summed E-state index contributed by atoms with van der Waals surface area (Å²) in [6, 6.07) is 8.75. The summed E-state index contributed by atoms with van der Waals surface area (Å²) in [5.74, 6) is -1.29. The van der Waals surface area contributed by atoms with Gasteiger partial charge in [0.05, 0.1) is 12.2 Å². The van der Waals surface area contributed by atoms with E-state index in [-0.39, 0.29) is 29.4 Å². The molecule has 8 nitrogen and oxygen atoms in total. The zero-order valence-corrected chi connectivity index (χ0v) is 17.3. The van der Waals surface area contributed by atoms with E-state index in [0.29, 0.717) is 23.5 Å². The van der Waals surface area contributed by atoms with E-state index in [1.165, 1.54) is 4.57 Å². The van der Waals surface area contributed by atoms with Crippen molar-refractivity contribution in [1.29, 1.82) is 0 Å². The number of esters is 1. The fourth-order valence-electron chi connectivity index (χ4n) is 4.40. The van der Waals surface area contributed by atoms with Crippen molar-refractivity contribution >= 4 is 17.6 Å². The molecule has 1 aromatic carbocycles. The third-order valence-corrected chi connectivity index (χ3v) is 5.81. The van der Waals surface area contributed by atoms with Gasteiger partial charge in [-0.3, -0.25) is 9.59 Å². The van der Waals surface area contributed by atoms with Gasteiger partial charge in [0, 0.05) is 36.6 Å². The van der Waals surface area contributed by atoms with Gasteiger partial charge < -0.3 is 24.7 Å². The van der Waals surface area contributed by atoms with Gasteiger partial charge in [-0.05, 0) is 26.8 Å². The molecule has 2 aromatic rings. The average Bonchev–Trinajstić information content (AvgIpc) is 2.95. The molecule has 2 aliphatic rings. The molecule has 0 unspecified atom stereocenters. The second-order valence-electron chi connectivity index (χ2n) is 7.27. The van der Waals surface area contributed by atoms with Crippen molar-refractivity contribution in [3.8, 4) is 5.75 Å². The number of nitrogens with two attached hydrogens (primary N) is 1. The van der Waals surface area contributed by atoms with E-state index in [9.17, 15) is 14.4 Å². The summed E-state index contributed by atoms with van der Waals surface area (Å²) in [5.41, 5.74) is 5.70. The van der Waals surface area contributed by atoms with Crippen molar-refractivity contribution in [2.75, 3.05) is 18.1 Å². The number of ether oxygens (including phenoxy) is 2. The van der Waals surface area contributed by atoms with Crippen molar-refractivity contribution in [3.63, 3.8) is 0 Å². The molecule has 4 rings (SSSR count). The van der Waals surface area contributed by atoms with Crippen molar-refractivity contribution in [1.82, 2.24) is 4.57 Å². The molecule has 2 N–H and O–H groups in total. The summed E-state index contributed by atoms with van der Waals surface area (Å²) in [5, 5.41) is 0. The SMILES string of the molecule is CCOC(=O)C1=C(N)Oc2cc(C)n(C)c(=O)c2[C@]12C(=O)N(CC)c1ccccc12. The Bertz CT molecular complexity index is 1180. The Morgan fingerprint density at radius 1 is 1.23 bits per heavy atom. The molecule has 0 radical (unpaired) electrons. The second kappa shape index (κ2) is 6.76. The molecule has 0 saturated carbocycles. The Morgan fingerprint density at radius 3 is 2.60 bits per heavy atom. The van der Waals surface area contributed by atoms with Crippen LogP contribution in [0.1, 0.15) is 30.7 Å². The number of likely N-dealkylation sites (N-methyl/N-ethyl adjacent to an activating group) is 1. The highest BCUT2D eigenvalue weighted by Gasteiger charge is 2.62. The van der Waals surface area contributed by atoms with Crippen LogP contribution in [0, 0.1) is 6.92 Å². The molecule has 0 aliphatic carbocycles. The Balaban J connectivity index is 2.21. The lowest BCUT2D eigenvalue weighted by Crippen LogP contribution is -2.52. The van der Waals surface area contributed by atoms with E-state index < -0.39 is 22.9 Å². The predicted octanol–water partition coefficient (Wildman–Crippen LogP) is 1.47. The number of aryl methyl sites for hydroxylation is 1. The number of fused-ring (bicyclic) bond motifs is 4. The Labute approximate surface area is 173 Å². The standard InChI is InChI=1S/C22H23N3O5/c1-5-25-14-10-8-7-9-13(14)22(21(25)28)16-15(11-12(3)24(4)19(16)26)30-18(23)17(22)20(27)29-6-2/h7-11H,5-6,23H2,1-4H3/t22-/m0/s1. The number of pyridine rings is 1. The number of amides is 1. The lowest BCUT2D eigenvalue weighted by molar-refractivity contribution is -0.140. The monoisotopic (exact) mass is 409 g/mol. The van der Waals surface area contributed by atoms with Gasteiger partial charge in [-0.2, -0.15) is 0 Å². The lowest BCUT2D eigenvalue weighted by Gasteiger charge is -2.35. The van der Waals surface area contributed by atoms with Crippen molar-refractivity contribution < 1.29 is 19.1 Å². The van der Waals surface area contributed by atoms with Gasteiger partial charge in [0.1, 0.15) is 16.7 Å². The van der Waals surface area contributed by atoms with Crippen LogP contribution >= 0.6 is 0 Å². The molecule has 2 aliphatic heterocycles.